The molecule has 1 fully saturated rings. The van der Waals surface area contributed by atoms with Crippen molar-refractivity contribution in [2.45, 2.75) is 51.2 Å². The maximum Gasteiger partial charge on any atom is 0.255 e. The third kappa shape index (κ3) is 3.73. The van der Waals surface area contributed by atoms with Crippen LogP contribution in [-0.2, 0) is 20.7 Å². The van der Waals surface area contributed by atoms with Crippen LogP contribution in [0, 0.1) is 0 Å². The summed E-state index contributed by atoms with van der Waals surface area (Å²) >= 11 is 0. The van der Waals surface area contributed by atoms with Crippen molar-refractivity contribution < 1.29 is 19.0 Å². The van der Waals surface area contributed by atoms with Crippen molar-refractivity contribution in [3.63, 3.8) is 0 Å². The number of carbonyl (C=O) groups is 1. The average molecular weight is 333 g/mol. The van der Waals surface area contributed by atoms with Gasteiger partial charge in [-0.3, -0.25) is 4.79 Å². The van der Waals surface area contributed by atoms with Crippen LogP contribution in [0.3, 0.4) is 0 Å². The molecule has 0 radical (unpaired) electrons. The van der Waals surface area contributed by atoms with Crippen LogP contribution in [0.1, 0.15) is 38.2 Å². The number of aryl methyl sites for hydroxylation is 1. The Kier molecular flexibility index (Phi) is 5.74. The van der Waals surface area contributed by atoms with Crippen LogP contribution in [-0.4, -0.2) is 45.0 Å². The van der Waals surface area contributed by atoms with E-state index in [0.717, 1.165) is 49.3 Å². The van der Waals surface area contributed by atoms with Crippen molar-refractivity contribution in [2.24, 2.45) is 0 Å². The lowest BCUT2D eigenvalue weighted by atomic mass is 10.0. The Morgan fingerprint density at radius 2 is 2.25 bits per heavy atom. The number of carbonyl (C=O) groups excluding carboxylic acids is 1. The summed E-state index contributed by atoms with van der Waals surface area (Å²) in [5, 5.41) is 0. The Balaban J connectivity index is 1.67. The normalized spacial score (nSPS) is 21.9. The SMILES string of the molecule is COc1cccc2c1N(C(=O)C(C)OCC1CCCCO1)CCC2. The summed E-state index contributed by atoms with van der Waals surface area (Å²) in [6, 6.07) is 5.95. The first-order valence-electron chi connectivity index (χ1n) is 8.91. The standard InChI is InChI=1S/C19H27NO4/c1-14(24-13-16-9-3-4-12-23-16)19(21)20-11-6-8-15-7-5-10-17(22-2)18(15)20/h5,7,10,14,16H,3-4,6,8-9,11-13H2,1-2H3. The van der Waals surface area contributed by atoms with E-state index in [1.807, 2.05) is 24.0 Å². The molecular weight excluding hydrogens is 306 g/mol. The second-order valence-electron chi connectivity index (χ2n) is 6.53. The lowest BCUT2D eigenvalue weighted by Crippen LogP contribution is -2.43. The van der Waals surface area contributed by atoms with Crippen molar-refractivity contribution in [2.75, 3.05) is 31.8 Å². The Bertz CT molecular complexity index is 554. The molecule has 2 heterocycles. The monoisotopic (exact) mass is 333 g/mol. The average Bonchev–Trinajstić information content (AvgIpc) is 2.65. The van der Waals surface area contributed by atoms with Crippen molar-refractivity contribution in [1.82, 2.24) is 0 Å². The van der Waals surface area contributed by atoms with Crippen LogP contribution in [0.25, 0.3) is 0 Å². The Morgan fingerprint density at radius 3 is 3.00 bits per heavy atom. The number of hydrogen-bond donors (Lipinski definition) is 0. The summed E-state index contributed by atoms with van der Waals surface area (Å²) in [7, 11) is 1.65. The second-order valence-corrected chi connectivity index (χ2v) is 6.53. The molecule has 2 unspecified atom stereocenters. The lowest BCUT2D eigenvalue weighted by Gasteiger charge is -2.33. The molecule has 1 saturated heterocycles. The third-order valence-electron chi connectivity index (χ3n) is 4.82. The predicted octanol–water partition coefficient (Wildman–Crippen LogP) is 2.95. The fraction of sp³-hybridized carbons (Fsp3) is 0.632. The van der Waals surface area contributed by atoms with Gasteiger partial charge >= 0.3 is 0 Å². The number of anilines is 1. The number of benzene rings is 1. The summed E-state index contributed by atoms with van der Waals surface area (Å²) < 4.78 is 17.0. The zero-order valence-corrected chi connectivity index (χ0v) is 14.6. The summed E-state index contributed by atoms with van der Waals surface area (Å²) in [6.07, 6.45) is 4.89. The van der Waals surface area contributed by atoms with E-state index in [9.17, 15) is 4.79 Å². The van der Waals surface area contributed by atoms with Gasteiger partial charge in [-0.2, -0.15) is 0 Å². The molecule has 0 spiro atoms. The molecular formula is C19H27NO4. The van der Waals surface area contributed by atoms with Crippen LogP contribution < -0.4 is 9.64 Å². The quantitative estimate of drug-likeness (QED) is 0.831. The van der Waals surface area contributed by atoms with Gasteiger partial charge in [-0.25, -0.2) is 0 Å². The van der Waals surface area contributed by atoms with Gasteiger partial charge in [0.05, 0.1) is 25.5 Å². The van der Waals surface area contributed by atoms with Gasteiger partial charge in [0.25, 0.3) is 5.91 Å². The largest absolute Gasteiger partial charge is 0.495 e. The van der Waals surface area contributed by atoms with Crippen LogP contribution in [0.4, 0.5) is 5.69 Å². The molecule has 2 atom stereocenters. The third-order valence-corrected chi connectivity index (χ3v) is 4.82. The molecule has 24 heavy (non-hydrogen) atoms. The first-order chi connectivity index (χ1) is 11.7. The summed E-state index contributed by atoms with van der Waals surface area (Å²) in [5.41, 5.74) is 2.07. The fourth-order valence-electron chi connectivity index (χ4n) is 3.48. The van der Waals surface area contributed by atoms with Gasteiger partial charge in [0.2, 0.25) is 0 Å². The van der Waals surface area contributed by atoms with Gasteiger partial charge < -0.3 is 19.1 Å². The highest BCUT2D eigenvalue weighted by Gasteiger charge is 2.30. The molecule has 0 N–H and O–H groups in total. The van der Waals surface area contributed by atoms with Gasteiger partial charge in [-0.15, -0.1) is 0 Å². The number of methoxy groups -OCH3 is 1. The highest BCUT2D eigenvalue weighted by Crippen LogP contribution is 2.36. The van der Waals surface area contributed by atoms with E-state index in [1.54, 1.807) is 7.11 Å². The number of amides is 1. The fourth-order valence-corrected chi connectivity index (χ4v) is 3.48. The zero-order valence-electron chi connectivity index (χ0n) is 14.6. The Morgan fingerprint density at radius 1 is 1.38 bits per heavy atom. The van der Waals surface area contributed by atoms with E-state index in [-0.39, 0.29) is 12.0 Å². The maximum absolute atomic E-state index is 12.9. The highest BCUT2D eigenvalue weighted by atomic mass is 16.5. The topological polar surface area (TPSA) is 48.0 Å². The number of ether oxygens (including phenoxy) is 3. The molecule has 1 amide bonds. The molecule has 1 aromatic rings. The van der Waals surface area contributed by atoms with E-state index in [1.165, 1.54) is 6.42 Å². The van der Waals surface area contributed by atoms with Crippen molar-refractivity contribution in [1.29, 1.82) is 0 Å². The summed E-state index contributed by atoms with van der Waals surface area (Å²) in [5.74, 6) is 0.750. The number of hydrogen-bond acceptors (Lipinski definition) is 4. The minimum Gasteiger partial charge on any atom is -0.495 e. The number of fused-ring (bicyclic) bond motifs is 1. The van der Waals surface area contributed by atoms with Crippen LogP contribution >= 0.6 is 0 Å². The minimum atomic E-state index is -0.480. The van der Waals surface area contributed by atoms with Crippen LogP contribution in [0.2, 0.25) is 0 Å². The molecule has 132 valence electrons. The highest BCUT2D eigenvalue weighted by molar-refractivity contribution is 5.98. The minimum absolute atomic E-state index is 0.00346. The predicted molar refractivity (Wildman–Crippen MR) is 92.7 cm³/mol. The molecule has 3 rings (SSSR count). The Hall–Kier alpha value is -1.59. The van der Waals surface area contributed by atoms with Crippen molar-refractivity contribution in [3.05, 3.63) is 23.8 Å². The lowest BCUT2D eigenvalue weighted by molar-refractivity contribution is -0.133. The van der Waals surface area contributed by atoms with Crippen LogP contribution in [0.15, 0.2) is 18.2 Å². The van der Waals surface area contributed by atoms with E-state index in [2.05, 4.69) is 6.07 Å². The Labute approximate surface area is 143 Å². The molecule has 0 saturated carbocycles. The molecule has 5 nitrogen and oxygen atoms in total. The number of rotatable bonds is 5. The molecule has 5 heteroatoms. The first kappa shape index (κ1) is 17.2. The van der Waals surface area contributed by atoms with Gasteiger partial charge in [-0.05, 0) is 50.7 Å². The molecule has 0 aromatic heterocycles. The van der Waals surface area contributed by atoms with Crippen molar-refractivity contribution in [3.8, 4) is 5.75 Å². The molecule has 0 bridgehead atoms. The van der Waals surface area contributed by atoms with Gasteiger partial charge in [-0.1, -0.05) is 12.1 Å². The first-order valence-corrected chi connectivity index (χ1v) is 8.91. The molecule has 2 aliphatic heterocycles. The molecule has 2 aliphatic rings. The van der Waals surface area contributed by atoms with Gasteiger partial charge in [0, 0.05) is 13.2 Å². The van der Waals surface area contributed by atoms with Gasteiger partial charge in [0.1, 0.15) is 11.9 Å². The summed E-state index contributed by atoms with van der Waals surface area (Å²) in [4.78, 5) is 14.7. The second kappa shape index (κ2) is 7.99. The number of para-hydroxylation sites is 1. The smallest absolute Gasteiger partial charge is 0.255 e. The van der Waals surface area contributed by atoms with E-state index in [0.29, 0.717) is 13.2 Å². The molecule has 0 aliphatic carbocycles. The van der Waals surface area contributed by atoms with E-state index in [4.69, 9.17) is 14.2 Å². The van der Waals surface area contributed by atoms with Gasteiger partial charge in [0.15, 0.2) is 0 Å². The summed E-state index contributed by atoms with van der Waals surface area (Å²) in [6.45, 7) is 3.82. The van der Waals surface area contributed by atoms with Crippen LogP contribution in [0.5, 0.6) is 5.75 Å². The molecule has 1 aromatic carbocycles. The van der Waals surface area contributed by atoms with E-state index < -0.39 is 6.10 Å². The van der Waals surface area contributed by atoms with Crippen molar-refractivity contribution >= 4 is 11.6 Å². The number of nitrogens with zero attached hydrogens (tertiary/aromatic N) is 1. The zero-order chi connectivity index (χ0) is 16.9. The van der Waals surface area contributed by atoms with E-state index >= 15 is 0 Å². The maximum atomic E-state index is 12.9.